The van der Waals surface area contributed by atoms with Crippen molar-refractivity contribution in [3.05, 3.63) is 82.3 Å². The van der Waals surface area contributed by atoms with Crippen molar-refractivity contribution in [2.45, 2.75) is 173 Å². The lowest BCUT2D eigenvalue weighted by atomic mass is 9.43. The molecule has 2 spiro atoms. The average Bonchev–Trinajstić information content (AvgIpc) is 4.18. The highest BCUT2D eigenvalue weighted by Gasteiger charge is 2.71. The third kappa shape index (κ3) is 7.95. The first-order valence-electron chi connectivity index (χ1n) is 24.6. The third-order valence-electron chi connectivity index (χ3n) is 20.3. The van der Waals surface area contributed by atoms with Gasteiger partial charge < -0.3 is 23.4 Å². The van der Waals surface area contributed by atoms with E-state index in [0.29, 0.717) is 49.9 Å². The van der Waals surface area contributed by atoms with Crippen molar-refractivity contribution in [3.63, 3.8) is 0 Å². The van der Waals surface area contributed by atoms with Crippen LogP contribution in [0.3, 0.4) is 0 Å². The van der Waals surface area contributed by atoms with E-state index in [0.717, 1.165) is 93.7 Å². The fraction of sp³-hybridized carbons (Fsp3) is 0.667. The van der Waals surface area contributed by atoms with Gasteiger partial charge in [0.25, 0.3) is 0 Å². The number of ketones is 2. The summed E-state index contributed by atoms with van der Waals surface area (Å²) in [5.74, 6) is 6.08. The molecule has 0 unspecified atom stereocenters. The molecule has 5 saturated carbocycles. The summed E-state index contributed by atoms with van der Waals surface area (Å²) in [5.41, 5.74) is 2.78. The fourth-order valence-corrected chi connectivity index (χ4v) is 17.0. The predicted molar refractivity (Wildman–Crippen MR) is 290 cm³/mol. The van der Waals surface area contributed by atoms with E-state index in [-0.39, 0.29) is 74.4 Å². The summed E-state index contributed by atoms with van der Waals surface area (Å²) in [6.45, 7) is 13.3. The van der Waals surface area contributed by atoms with Crippen molar-refractivity contribution >= 4 is 98.0 Å². The van der Waals surface area contributed by atoms with Crippen LogP contribution in [-0.2, 0) is 28.7 Å². The van der Waals surface area contributed by atoms with E-state index in [9.17, 15) is 24.3 Å². The van der Waals surface area contributed by atoms with Crippen molar-refractivity contribution in [1.82, 2.24) is 0 Å². The number of carbonyl (C=O) groups excluding carboxylic acids is 4. The molecule has 7 fully saturated rings. The topological polar surface area (TPSA) is 133 Å². The Bertz CT molecular complexity index is 2410. The molecule has 0 bridgehead atoms. The molecule has 0 amide bonds. The highest BCUT2D eigenvalue weighted by atomic mass is 128. The fourth-order valence-electron chi connectivity index (χ4n) is 17.0. The Morgan fingerprint density at radius 2 is 1.16 bits per heavy atom. The van der Waals surface area contributed by atoms with E-state index in [1.807, 2.05) is 32.1 Å². The Hall–Kier alpha value is -1.06. The standard InChI is InChI=1S/C27H34O5.C27H32O4.2I2/c1-15-4-5-21(31-15)18-13-16-12-17(28)6-9-25(16,2)24-20(29)14-26(3)19(23(18)24)7-10-27(26)11-8-22(30)32-27;1-16-4-5-22(30-16)19-15-17-14-18(28)6-10-25(17,2)20-7-11-26(3)21(24(19)20)8-12-27(26)13-9-23(29)31-27;2*1-2/h4-5,12,18-20,23-24,29H,6-11,13-14H2,1-3H3;4-5,7,14,19,21,24H,6,8-13,15H2,1-3H3;;/t18-,19-,20+,23-,24-,25-,26-,27+;19-,21-,24+,25-,26-,27+;;/m00../s1. The first-order valence-corrected chi connectivity index (χ1v) is 37.2. The van der Waals surface area contributed by atoms with Crippen molar-refractivity contribution < 1.29 is 42.6 Å². The van der Waals surface area contributed by atoms with Crippen molar-refractivity contribution in [2.24, 2.45) is 51.2 Å². The molecule has 2 aromatic rings. The van der Waals surface area contributed by atoms with E-state index in [4.69, 9.17) is 18.3 Å². The first-order chi connectivity index (χ1) is 31.9. The maximum Gasteiger partial charge on any atom is 0.306 e. The van der Waals surface area contributed by atoms with Gasteiger partial charge in [-0.25, -0.2) is 0 Å². The minimum absolute atomic E-state index is 0.0264. The second-order valence-electron chi connectivity index (χ2n) is 22.9. The quantitative estimate of drug-likeness (QED) is 0.177. The number of aryl methyl sites for hydroxylation is 2. The number of carbonyl (C=O) groups is 4. The van der Waals surface area contributed by atoms with E-state index < -0.39 is 11.7 Å². The summed E-state index contributed by atoms with van der Waals surface area (Å²) in [7, 11) is 0. The second-order valence-corrected chi connectivity index (χ2v) is 22.9. The molecule has 2 aliphatic heterocycles. The van der Waals surface area contributed by atoms with Crippen LogP contribution in [0.4, 0.5) is 0 Å². The molecule has 10 aliphatic rings. The van der Waals surface area contributed by atoms with Gasteiger partial charge in [0.2, 0.25) is 0 Å². The molecular weight excluding hydrogens is 1300 g/mol. The van der Waals surface area contributed by atoms with Crippen LogP contribution in [0.25, 0.3) is 0 Å². The minimum atomic E-state index is -0.490. The minimum Gasteiger partial charge on any atom is -0.466 e. The first kappa shape index (κ1) is 50.9. The van der Waals surface area contributed by atoms with Gasteiger partial charge in [-0.2, -0.15) is 0 Å². The van der Waals surface area contributed by atoms with Crippen LogP contribution < -0.4 is 0 Å². The molecule has 8 aliphatic carbocycles. The van der Waals surface area contributed by atoms with Crippen LogP contribution in [0, 0.1) is 65.1 Å². The molecule has 1 N–H and O–H groups in total. The molecule has 0 radical (unpaired) electrons. The molecule has 2 saturated heterocycles. The number of furan rings is 2. The van der Waals surface area contributed by atoms with Gasteiger partial charge in [-0.15, -0.1) is 0 Å². The molecule has 0 aromatic carbocycles. The zero-order chi connectivity index (χ0) is 48.1. The highest BCUT2D eigenvalue weighted by Crippen LogP contribution is 2.73. The van der Waals surface area contributed by atoms with Gasteiger partial charge in [0.1, 0.15) is 34.2 Å². The van der Waals surface area contributed by atoms with Crippen LogP contribution in [0.2, 0.25) is 0 Å². The second kappa shape index (κ2) is 18.8. The van der Waals surface area contributed by atoms with Crippen LogP contribution >= 0.6 is 74.5 Å². The number of hydrogen-bond acceptors (Lipinski definition) is 9. The lowest BCUT2D eigenvalue weighted by Crippen LogP contribution is -2.61. The Morgan fingerprint density at radius 1 is 0.627 bits per heavy atom. The van der Waals surface area contributed by atoms with Gasteiger partial charge in [0.05, 0.1) is 6.10 Å². The van der Waals surface area contributed by atoms with Crippen LogP contribution in [0.1, 0.15) is 165 Å². The number of ether oxygens (including phenoxy) is 2. The Morgan fingerprint density at radius 3 is 1.73 bits per heavy atom. The molecule has 67 heavy (non-hydrogen) atoms. The number of esters is 2. The molecule has 12 rings (SSSR count). The smallest absolute Gasteiger partial charge is 0.306 e. The normalized spacial score (nSPS) is 43.2. The van der Waals surface area contributed by atoms with E-state index in [1.54, 1.807) is 0 Å². The van der Waals surface area contributed by atoms with E-state index in [2.05, 4.69) is 126 Å². The predicted octanol–water partition coefficient (Wildman–Crippen LogP) is 14.2. The van der Waals surface area contributed by atoms with Gasteiger partial charge in [-0.05, 0) is 162 Å². The Balaban J connectivity index is 0.000000157. The Labute approximate surface area is 443 Å². The lowest BCUT2D eigenvalue weighted by Gasteiger charge is -2.62. The summed E-state index contributed by atoms with van der Waals surface area (Å²) >= 11 is 8.48. The number of halogens is 4. The van der Waals surface area contributed by atoms with Gasteiger partial charge in [-0.3, -0.25) is 19.2 Å². The molecule has 14 atom stereocenters. The molecule has 2 aromatic heterocycles. The van der Waals surface area contributed by atoms with E-state index in [1.165, 1.54) is 16.7 Å². The number of hydrogen-bond donors (Lipinski definition) is 1. The number of allylic oxidation sites excluding steroid dienone is 5. The zero-order valence-electron chi connectivity index (χ0n) is 39.7. The number of fused-ring (bicyclic) bond motifs is 12. The molecule has 13 heteroatoms. The van der Waals surface area contributed by atoms with Crippen LogP contribution in [-0.4, -0.2) is 45.9 Å². The van der Waals surface area contributed by atoms with Crippen molar-refractivity contribution in [2.75, 3.05) is 0 Å². The number of aliphatic hydroxyl groups is 1. The summed E-state index contributed by atoms with van der Waals surface area (Å²) < 4.78 is 24.6. The monoisotopic (exact) mass is 1370 g/mol. The van der Waals surface area contributed by atoms with Gasteiger partial charge in [0, 0.05) is 128 Å². The number of aliphatic hydroxyl groups excluding tert-OH is 1. The van der Waals surface area contributed by atoms with Crippen molar-refractivity contribution in [3.8, 4) is 0 Å². The summed E-state index contributed by atoms with van der Waals surface area (Å²) in [6.07, 6.45) is 18.7. The van der Waals surface area contributed by atoms with Crippen molar-refractivity contribution in [1.29, 1.82) is 0 Å². The van der Waals surface area contributed by atoms with Gasteiger partial charge in [-0.1, -0.05) is 50.5 Å². The van der Waals surface area contributed by atoms with Gasteiger partial charge >= 0.3 is 11.9 Å². The summed E-state index contributed by atoms with van der Waals surface area (Å²) in [4.78, 5) is 49.1. The lowest BCUT2D eigenvalue weighted by molar-refractivity contribution is -0.188. The molecular formula is C54H66I4O9. The molecule has 9 nitrogen and oxygen atoms in total. The average molecular weight is 1370 g/mol. The number of rotatable bonds is 2. The summed E-state index contributed by atoms with van der Waals surface area (Å²) in [6, 6.07) is 8.30. The Kier molecular flexibility index (Phi) is 14.2. The van der Waals surface area contributed by atoms with Crippen LogP contribution in [0.5, 0.6) is 0 Å². The van der Waals surface area contributed by atoms with E-state index >= 15 is 0 Å². The SMILES string of the molecule is Cc1ccc([C@@H]2CC3=CC(=O)CC[C@]3(C)C3=CC[C@@]4(C)[C@@H](CC[C@@]45CCC(=O)O5)[C@@H]32)o1.Cc1ccc([C@@H]2CC3=CC(=O)CC[C@]3(C)[C@@H]3[C@@H]2[C@@H]2CC[C@@]4(CCC(=O)O4)[C@@]2(C)C[C@H]3O)o1.II.II. The zero-order valence-corrected chi connectivity index (χ0v) is 48.3. The maximum absolute atomic E-state index is 12.4. The molecule has 364 valence electrons. The van der Waals surface area contributed by atoms with Gasteiger partial charge in [0.15, 0.2) is 11.6 Å². The molecule has 4 heterocycles. The van der Waals surface area contributed by atoms with Crippen LogP contribution in [0.15, 0.2) is 68.0 Å². The largest absolute Gasteiger partial charge is 0.466 e. The third-order valence-corrected chi connectivity index (χ3v) is 20.3. The summed E-state index contributed by atoms with van der Waals surface area (Å²) in [5, 5.41) is 11.8. The highest BCUT2D eigenvalue weighted by molar-refractivity contribution is 15.0. The maximum atomic E-state index is 12.4.